The van der Waals surface area contributed by atoms with E-state index >= 15 is 0 Å². The van der Waals surface area contributed by atoms with E-state index < -0.39 is 0 Å². The molecule has 2 rings (SSSR count). The van der Waals surface area contributed by atoms with E-state index in [1.165, 1.54) is 0 Å². The van der Waals surface area contributed by atoms with Gasteiger partial charge in [-0.1, -0.05) is 19.1 Å². The van der Waals surface area contributed by atoms with Crippen molar-refractivity contribution in [1.82, 2.24) is 5.32 Å². The van der Waals surface area contributed by atoms with E-state index in [9.17, 15) is 9.59 Å². The van der Waals surface area contributed by atoms with Crippen LogP contribution in [0, 0.1) is 0 Å². The molecule has 0 aliphatic heterocycles. The molecule has 120 valence electrons. The van der Waals surface area contributed by atoms with Crippen LogP contribution < -0.4 is 10.6 Å². The number of amides is 2. The first-order chi connectivity index (χ1) is 11.0. The maximum atomic E-state index is 12.2. The molecule has 2 aromatic rings. The van der Waals surface area contributed by atoms with Gasteiger partial charge in [0.2, 0.25) is 0 Å². The Kier molecular flexibility index (Phi) is 5.93. The molecule has 2 N–H and O–H groups in total. The molecule has 0 spiro atoms. The molecular weight excluding hydrogens is 356 g/mol. The SMILES string of the molecule is CCC(C)NC(=O)c1ccc(C(=O)Nc2ccccc2Br)cc1. The van der Waals surface area contributed by atoms with Crippen molar-refractivity contribution < 1.29 is 9.59 Å². The van der Waals surface area contributed by atoms with Crippen molar-refractivity contribution in [2.75, 3.05) is 5.32 Å². The fourth-order valence-electron chi connectivity index (χ4n) is 1.94. The monoisotopic (exact) mass is 374 g/mol. The Labute approximate surface area is 144 Å². The molecule has 0 saturated carbocycles. The number of anilines is 1. The summed E-state index contributed by atoms with van der Waals surface area (Å²) in [6, 6.07) is 14.1. The Bertz CT molecular complexity index is 698. The van der Waals surface area contributed by atoms with E-state index in [2.05, 4.69) is 26.6 Å². The van der Waals surface area contributed by atoms with Crippen LogP contribution in [-0.2, 0) is 0 Å². The summed E-state index contributed by atoms with van der Waals surface area (Å²) in [4.78, 5) is 24.3. The van der Waals surface area contributed by atoms with Crippen molar-refractivity contribution in [2.45, 2.75) is 26.3 Å². The number of para-hydroxylation sites is 1. The predicted octanol–water partition coefficient (Wildman–Crippen LogP) is 4.23. The third kappa shape index (κ3) is 4.66. The van der Waals surface area contributed by atoms with E-state index in [1.807, 2.05) is 38.1 Å². The van der Waals surface area contributed by atoms with Gasteiger partial charge in [-0.05, 0) is 65.7 Å². The fourth-order valence-corrected chi connectivity index (χ4v) is 2.32. The Morgan fingerprint density at radius 2 is 1.57 bits per heavy atom. The molecule has 4 nitrogen and oxygen atoms in total. The quantitative estimate of drug-likeness (QED) is 0.822. The third-order valence-corrected chi connectivity index (χ3v) is 4.21. The zero-order valence-electron chi connectivity index (χ0n) is 13.1. The van der Waals surface area contributed by atoms with Crippen LogP contribution in [0.15, 0.2) is 53.0 Å². The van der Waals surface area contributed by atoms with Crippen molar-refractivity contribution in [3.63, 3.8) is 0 Å². The normalized spacial score (nSPS) is 11.6. The van der Waals surface area contributed by atoms with Crippen LogP contribution in [0.3, 0.4) is 0 Å². The molecule has 0 aliphatic rings. The van der Waals surface area contributed by atoms with Crippen LogP contribution in [0.1, 0.15) is 41.0 Å². The van der Waals surface area contributed by atoms with Crippen LogP contribution in [0.2, 0.25) is 0 Å². The molecule has 2 aromatic carbocycles. The number of hydrogen-bond donors (Lipinski definition) is 2. The molecule has 0 aromatic heterocycles. The average Bonchev–Trinajstić information content (AvgIpc) is 2.56. The number of nitrogens with one attached hydrogen (secondary N) is 2. The minimum Gasteiger partial charge on any atom is -0.350 e. The van der Waals surface area contributed by atoms with E-state index in [-0.39, 0.29) is 17.9 Å². The summed E-state index contributed by atoms with van der Waals surface area (Å²) in [6.45, 7) is 3.97. The van der Waals surface area contributed by atoms with Gasteiger partial charge in [0.05, 0.1) is 5.69 Å². The van der Waals surface area contributed by atoms with Crippen molar-refractivity contribution in [1.29, 1.82) is 0 Å². The minimum atomic E-state index is -0.217. The third-order valence-electron chi connectivity index (χ3n) is 3.52. The van der Waals surface area contributed by atoms with E-state index in [1.54, 1.807) is 24.3 Å². The second-order valence-electron chi connectivity index (χ2n) is 5.29. The highest BCUT2D eigenvalue weighted by atomic mass is 79.9. The van der Waals surface area contributed by atoms with Gasteiger partial charge in [0, 0.05) is 21.6 Å². The maximum Gasteiger partial charge on any atom is 0.255 e. The number of halogens is 1. The Hall–Kier alpha value is -2.14. The van der Waals surface area contributed by atoms with Crippen molar-refractivity contribution in [3.8, 4) is 0 Å². The molecule has 0 fully saturated rings. The van der Waals surface area contributed by atoms with Gasteiger partial charge in [0.1, 0.15) is 0 Å². The summed E-state index contributed by atoms with van der Waals surface area (Å²) in [6.07, 6.45) is 0.873. The van der Waals surface area contributed by atoms with Crippen molar-refractivity contribution in [3.05, 3.63) is 64.1 Å². The highest BCUT2D eigenvalue weighted by Gasteiger charge is 2.11. The number of hydrogen-bond acceptors (Lipinski definition) is 2. The first kappa shape index (κ1) is 17.2. The summed E-state index contributed by atoms with van der Waals surface area (Å²) < 4.78 is 0.818. The van der Waals surface area contributed by atoms with Gasteiger partial charge in [-0.3, -0.25) is 9.59 Å². The molecule has 23 heavy (non-hydrogen) atoms. The largest absolute Gasteiger partial charge is 0.350 e. The first-order valence-corrected chi connectivity index (χ1v) is 8.27. The van der Waals surface area contributed by atoms with Crippen molar-refractivity contribution >= 4 is 33.4 Å². The van der Waals surface area contributed by atoms with Crippen LogP contribution >= 0.6 is 15.9 Å². The average molecular weight is 375 g/mol. The van der Waals surface area contributed by atoms with Crippen molar-refractivity contribution in [2.24, 2.45) is 0 Å². The van der Waals surface area contributed by atoms with E-state index in [0.717, 1.165) is 10.9 Å². The highest BCUT2D eigenvalue weighted by Crippen LogP contribution is 2.21. The maximum absolute atomic E-state index is 12.2. The van der Waals surface area contributed by atoms with Gasteiger partial charge < -0.3 is 10.6 Å². The number of rotatable bonds is 5. The van der Waals surface area contributed by atoms with Crippen LogP contribution in [0.4, 0.5) is 5.69 Å². The molecule has 2 amide bonds. The second kappa shape index (κ2) is 7.92. The molecule has 0 bridgehead atoms. The van der Waals surface area contributed by atoms with E-state index in [4.69, 9.17) is 0 Å². The molecule has 0 aliphatic carbocycles. The Morgan fingerprint density at radius 3 is 2.13 bits per heavy atom. The molecule has 1 atom stereocenters. The van der Waals surface area contributed by atoms with Gasteiger partial charge in [-0.25, -0.2) is 0 Å². The van der Waals surface area contributed by atoms with E-state index in [0.29, 0.717) is 16.8 Å². The van der Waals surface area contributed by atoms with Crippen LogP contribution in [-0.4, -0.2) is 17.9 Å². The zero-order valence-corrected chi connectivity index (χ0v) is 14.7. The summed E-state index contributed by atoms with van der Waals surface area (Å²) in [5.74, 6) is -0.345. The lowest BCUT2D eigenvalue weighted by Gasteiger charge is -2.11. The minimum absolute atomic E-state index is 0.126. The molecule has 1 unspecified atom stereocenters. The molecule has 0 radical (unpaired) electrons. The Balaban J connectivity index is 2.06. The molecular formula is C18H19BrN2O2. The summed E-state index contributed by atoms with van der Waals surface area (Å²) in [5.41, 5.74) is 1.75. The lowest BCUT2D eigenvalue weighted by molar-refractivity contribution is 0.0937. The summed E-state index contributed by atoms with van der Waals surface area (Å²) >= 11 is 3.39. The van der Waals surface area contributed by atoms with Gasteiger partial charge in [0.25, 0.3) is 11.8 Å². The van der Waals surface area contributed by atoms with Crippen LogP contribution in [0.25, 0.3) is 0 Å². The number of carbonyl (C=O) groups excluding carboxylic acids is 2. The summed E-state index contributed by atoms with van der Waals surface area (Å²) in [7, 11) is 0. The van der Waals surface area contributed by atoms with Gasteiger partial charge >= 0.3 is 0 Å². The van der Waals surface area contributed by atoms with Gasteiger partial charge in [-0.2, -0.15) is 0 Å². The summed E-state index contributed by atoms with van der Waals surface area (Å²) in [5, 5.41) is 5.73. The first-order valence-electron chi connectivity index (χ1n) is 7.48. The number of benzene rings is 2. The van der Waals surface area contributed by atoms with Gasteiger partial charge in [-0.15, -0.1) is 0 Å². The highest BCUT2D eigenvalue weighted by molar-refractivity contribution is 9.10. The number of carbonyl (C=O) groups is 2. The Morgan fingerprint density at radius 1 is 1.00 bits per heavy atom. The molecule has 0 saturated heterocycles. The predicted molar refractivity (Wildman–Crippen MR) is 95.8 cm³/mol. The lowest BCUT2D eigenvalue weighted by atomic mass is 10.1. The topological polar surface area (TPSA) is 58.2 Å². The van der Waals surface area contributed by atoms with Crippen LogP contribution in [0.5, 0.6) is 0 Å². The fraction of sp³-hybridized carbons (Fsp3) is 0.222. The second-order valence-corrected chi connectivity index (χ2v) is 6.15. The molecule has 0 heterocycles. The molecule has 5 heteroatoms. The smallest absolute Gasteiger partial charge is 0.255 e. The standard InChI is InChI=1S/C18H19BrN2O2/c1-3-12(2)20-17(22)13-8-10-14(11-9-13)18(23)21-16-7-5-4-6-15(16)19/h4-12H,3H2,1-2H3,(H,20,22)(H,21,23). The van der Waals surface area contributed by atoms with Gasteiger partial charge in [0.15, 0.2) is 0 Å². The zero-order chi connectivity index (χ0) is 16.8. The lowest BCUT2D eigenvalue weighted by Crippen LogP contribution is -2.31.